The number of nitrogens with one attached hydrogen (secondary N) is 1. The van der Waals surface area contributed by atoms with E-state index in [2.05, 4.69) is 10.3 Å². The largest absolute Gasteiger partial charge is 0.445 e. The van der Waals surface area contributed by atoms with Gasteiger partial charge in [-0.1, -0.05) is 30.3 Å². The van der Waals surface area contributed by atoms with Gasteiger partial charge in [0.15, 0.2) is 0 Å². The number of nitrogens with two attached hydrogens (primary N) is 2. The van der Waals surface area contributed by atoms with E-state index in [1.54, 1.807) is 4.90 Å². The molecule has 0 atom stereocenters. The van der Waals surface area contributed by atoms with Crippen molar-refractivity contribution in [2.75, 3.05) is 24.1 Å². The van der Waals surface area contributed by atoms with Gasteiger partial charge in [-0.25, -0.2) is 4.79 Å². The maximum Gasteiger partial charge on any atom is 0.410 e. The molecule has 1 aliphatic rings. The van der Waals surface area contributed by atoms with Crippen LogP contribution in [0.3, 0.4) is 0 Å². The molecule has 1 aliphatic heterocycles. The first-order valence-corrected chi connectivity index (χ1v) is 9.25. The summed E-state index contributed by atoms with van der Waals surface area (Å²) in [6.45, 7) is 1.05. The van der Waals surface area contributed by atoms with Gasteiger partial charge < -0.3 is 26.4 Å². The predicted octanol–water partition coefficient (Wildman–Crippen LogP) is 1.75. The van der Waals surface area contributed by atoms with Crippen LogP contribution in [0.25, 0.3) is 0 Å². The third-order valence-electron chi connectivity index (χ3n) is 4.84. The number of benzene rings is 1. The number of nitrogens with zero attached hydrogens (tertiary/aromatic N) is 2. The molecule has 0 bridgehead atoms. The third kappa shape index (κ3) is 5.01. The van der Waals surface area contributed by atoms with Gasteiger partial charge in [-0.05, 0) is 18.4 Å². The molecule has 1 fully saturated rings. The fourth-order valence-corrected chi connectivity index (χ4v) is 3.14. The molecule has 1 aromatic carbocycles. The minimum absolute atomic E-state index is 0.0544. The molecule has 3 rings (SSSR count). The molecule has 0 spiro atoms. The number of ether oxygens (including phenoxy) is 1. The summed E-state index contributed by atoms with van der Waals surface area (Å²) < 4.78 is 5.33. The Morgan fingerprint density at radius 2 is 1.83 bits per heavy atom. The average Bonchev–Trinajstić information content (AvgIpc) is 2.74. The van der Waals surface area contributed by atoms with E-state index in [0.29, 0.717) is 25.9 Å². The quantitative estimate of drug-likeness (QED) is 0.702. The molecular weight excluding hydrogens is 374 g/mol. The van der Waals surface area contributed by atoms with Crippen LogP contribution in [-0.4, -0.2) is 40.9 Å². The number of anilines is 2. The second-order valence-electron chi connectivity index (χ2n) is 6.80. The highest BCUT2D eigenvalue weighted by atomic mass is 16.6. The summed E-state index contributed by atoms with van der Waals surface area (Å²) in [5.41, 5.74) is 12.4. The van der Waals surface area contributed by atoms with E-state index < -0.39 is 12.0 Å². The van der Waals surface area contributed by atoms with Gasteiger partial charge in [-0.15, -0.1) is 0 Å². The molecule has 0 radical (unpaired) electrons. The van der Waals surface area contributed by atoms with Gasteiger partial charge in [0.25, 0.3) is 5.91 Å². The van der Waals surface area contributed by atoms with Crippen molar-refractivity contribution in [1.82, 2.24) is 9.88 Å². The lowest BCUT2D eigenvalue weighted by Gasteiger charge is -2.30. The Morgan fingerprint density at radius 3 is 2.48 bits per heavy atom. The summed E-state index contributed by atoms with van der Waals surface area (Å²) in [6, 6.07) is 9.44. The van der Waals surface area contributed by atoms with E-state index in [9.17, 15) is 14.4 Å². The minimum Gasteiger partial charge on any atom is -0.445 e. The Morgan fingerprint density at radius 1 is 1.14 bits per heavy atom. The SMILES string of the molecule is NC(=O)c1cncc(NC(=O)C2CCN(C(=O)OCc3ccccc3)CC2)c1N. The van der Waals surface area contributed by atoms with Gasteiger partial charge in [0.1, 0.15) is 6.61 Å². The fraction of sp³-hybridized carbons (Fsp3) is 0.300. The number of carbonyl (C=O) groups excluding carboxylic acids is 3. The van der Waals surface area contributed by atoms with E-state index in [0.717, 1.165) is 5.56 Å². The van der Waals surface area contributed by atoms with Crippen molar-refractivity contribution in [3.63, 3.8) is 0 Å². The number of amides is 3. The van der Waals surface area contributed by atoms with Crippen molar-refractivity contribution < 1.29 is 19.1 Å². The van der Waals surface area contributed by atoms with Crippen LogP contribution in [0.4, 0.5) is 16.2 Å². The van der Waals surface area contributed by atoms with Gasteiger partial charge in [0.05, 0.1) is 23.1 Å². The van der Waals surface area contributed by atoms with Crippen LogP contribution < -0.4 is 16.8 Å². The van der Waals surface area contributed by atoms with Crippen LogP contribution in [0.15, 0.2) is 42.7 Å². The van der Waals surface area contributed by atoms with Gasteiger partial charge >= 0.3 is 6.09 Å². The maximum atomic E-state index is 12.5. The van der Waals surface area contributed by atoms with Crippen molar-refractivity contribution >= 4 is 29.3 Å². The zero-order chi connectivity index (χ0) is 20.8. The zero-order valence-corrected chi connectivity index (χ0v) is 15.8. The van der Waals surface area contributed by atoms with E-state index in [-0.39, 0.29) is 35.4 Å². The van der Waals surface area contributed by atoms with Crippen LogP contribution >= 0.6 is 0 Å². The summed E-state index contributed by atoms with van der Waals surface area (Å²) in [5, 5.41) is 2.70. The Bertz CT molecular complexity index is 895. The second-order valence-corrected chi connectivity index (χ2v) is 6.80. The van der Waals surface area contributed by atoms with Crippen LogP contribution in [0.2, 0.25) is 0 Å². The molecule has 5 N–H and O–H groups in total. The van der Waals surface area contributed by atoms with Gasteiger partial charge in [-0.3, -0.25) is 14.6 Å². The highest BCUT2D eigenvalue weighted by molar-refractivity contribution is 6.03. The standard InChI is InChI=1S/C20H23N5O4/c21-17-15(18(22)26)10-23-11-16(17)24-19(27)14-6-8-25(9-7-14)20(28)29-12-13-4-2-1-3-5-13/h1-5,10-11,14H,6-9,12H2,(H2,21,23)(H2,22,26)(H,24,27). The predicted molar refractivity (Wildman–Crippen MR) is 107 cm³/mol. The summed E-state index contributed by atoms with van der Waals surface area (Å²) in [7, 11) is 0. The first-order valence-electron chi connectivity index (χ1n) is 9.25. The number of rotatable bonds is 5. The monoisotopic (exact) mass is 397 g/mol. The summed E-state index contributed by atoms with van der Waals surface area (Å²) in [5.74, 6) is -1.24. The smallest absolute Gasteiger partial charge is 0.410 e. The number of hydrogen-bond donors (Lipinski definition) is 3. The molecular formula is C20H23N5O4. The minimum atomic E-state index is -0.714. The Kier molecular flexibility index (Phi) is 6.28. The van der Waals surface area contributed by atoms with Crippen molar-refractivity contribution in [3.05, 3.63) is 53.9 Å². The number of primary amides is 1. The number of piperidine rings is 1. The first kappa shape index (κ1) is 20.1. The van der Waals surface area contributed by atoms with Gasteiger partial charge in [0.2, 0.25) is 5.91 Å². The molecule has 2 heterocycles. The fourth-order valence-electron chi connectivity index (χ4n) is 3.14. The lowest BCUT2D eigenvalue weighted by atomic mass is 9.96. The van der Waals surface area contributed by atoms with Gasteiger partial charge in [-0.2, -0.15) is 0 Å². The molecule has 152 valence electrons. The molecule has 3 amide bonds. The molecule has 1 aromatic heterocycles. The van der Waals surface area contributed by atoms with Crippen LogP contribution in [-0.2, 0) is 16.1 Å². The van der Waals surface area contributed by atoms with E-state index in [1.807, 2.05) is 30.3 Å². The Labute approximate surface area is 168 Å². The summed E-state index contributed by atoms with van der Waals surface area (Å²) in [6.07, 6.45) is 3.22. The first-order chi connectivity index (χ1) is 14.0. The normalized spacial score (nSPS) is 14.3. The number of pyridine rings is 1. The van der Waals surface area contributed by atoms with E-state index >= 15 is 0 Å². The highest BCUT2D eigenvalue weighted by Gasteiger charge is 2.28. The molecule has 9 heteroatoms. The van der Waals surface area contributed by atoms with E-state index in [1.165, 1.54) is 12.4 Å². The number of carbonyl (C=O) groups is 3. The average molecular weight is 397 g/mol. The molecule has 9 nitrogen and oxygen atoms in total. The number of aromatic nitrogens is 1. The number of nitrogen functional groups attached to an aromatic ring is 1. The number of hydrogen-bond acceptors (Lipinski definition) is 6. The molecule has 29 heavy (non-hydrogen) atoms. The lowest BCUT2D eigenvalue weighted by Crippen LogP contribution is -2.41. The summed E-state index contributed by atoms with van der Waals surface area (Å²) >= 11 is 0. The van der Waals surface area contributed by atoms with Crippen LogP contribution in [0, 0.1) is 5.92 Å². The highest BCUT2D eigenvalue weighted by Crippen LogP contribution is 2.24. The van der Waals surface area contributed by atoms with E-state index in [4.69, 9.17) is 16.2 Å². The number of likely N-dealkylation sites (tertiary alicyclic amines) is 1. The summed E-state index contributed by atoms with van der Waals surface area (Å²) in [4.78, 5) is 41.6. The molecule has 0 unspecified atom stereocenters. The van der Waals surface area contributed by atoms with Crippen molar-refractivity contribution in [2.24, 2.45) is 11.7 Å². The van der Waals surface area contributed by atoms with Crippen LogP contribution in [0.5, 0.6) is 0 Å². The topological polar surface area (TPSA) is 141 Å². The van der Waals surface area contributed by atoms with Crippen LogP contribution in [0.1, 0.15) is 28.8 Å². The third-order valence-corrected chi connectivity index (χ3v) is 4.84. The van der Waals surface area contributed by atoms with Crippen molar-refractivity contribution in [3.8, 4) is 0 Å². The maximum absolute atomic E-state index is 12.5. The molecule has 0 saturated carbocycles. The zero-order valence-electron chi connectivity index (χ0n) is 15.8. The van der Waals surface area contributed by atoms with Gasteiger partial charge in [0, 0.05) is 25.2 Å². The lowest BCUT2D eigenvalue weighted by molar-refractivity contribution is -0.121. The molecule has 2 aromatic rings. The van der Waals surface area contributed by atoms with Crippen molar-refractivity contribution in [1.29, 1.82) is 0 Å². The molecule has 0 aliphatic carbocycles. The second kappa shape index (κ2) is 9.05. The molecule has 1 saturated heterocycles. The Hall–Kier alpha value is -3.62. The Balaban J connectivity index is 1.50. The van der Waals surface area contributed by atoms with Crippen molar-refractivity contribution in [2.45, 2.75) is 19.4 Å².